The first-order chi connectivity index (χ1) is 8.02. The van der Waals surface area contributed by atoms with Crippen molar-refractivity contribution in [2.24, 2.45) is 0 Å². The molecule has 1 rings (SSSR count). The lowest BCUT2D eigenvalue weighted by Gasteiger charge is -2.11. The maximum absolute atomic E-state index is 11.1. The average molecular weight is 241 g/mol. The van der Waals surface area contributed by atoms with Gasteiger partial charge in [-0.1, -0.05) is 0 Å². The van der Waals surface area contributed by atoms with E-state index in [1.165, 1.54) is 25.1 Å². The maximum Gasteiger partial charge on any atom is 0.411 e. The van der Waals surface area contributed by atoms with Crippen LogP contribution in [0.2, 0.25) is 0 Å². The Kier molecular flexibility index (Phi) is 4.59. The van der Waals surface area contributed by atoms with Crippen LogP contribution in [0, 0.1) is 0 Å². The Labute approximate surface area is 98.8 Å². The van der Waals surface area contributed by atoms with E-state index in [1.807, 2.05) is 0 Å². The molecule has 6 heteroatoms. The number of nitrogens with one attached hydrogen (secondary N) is 1. The quantitative estimate of drug-likeness (QED) is 0.698. The molecule has 1 aromatic carbocycles. The molecule has 1 amide bonds. The van der Waals surface area contributed by atoms with Crippen molar-refractivity contribution in [3.8, 4) is 11.5 Å². The largest absolute Gasteiger partial charge is 0.504 e. The molecule has 1 unspecified atom stereocenters. The molecule has 0 saturated heterocycles. The summed E-state index contributed by atoms with van der Waals surface area (Å²) in [4.78, 5) is 11.1. The van der Waals surface area contributed by atoms with Crippen LogP contribution in [0.25, 0.3) is 0 Å². The zero-order valence-electron chi connectivity index (χ0n) is 9.64. The van der Waals surface area contributed by atoms with Gasteiger partial charge in [-0.15, -0.1) is 0 Å². The van der Waals surface area contributed by atoms with Gasteiger partial charge in [-0.05, 0) is 26.0 Å². The van der Waals surface area contributed by atoms with Gasteiger partial charge in [0, 0.05) is 11.8 Å². The summed E-state index contributed by atoms with van der Waals surface area (Å²) in [6.45, 7) is 3.38. The summed E-state index contributed by atoms with van der Waals surface area (Å²) in [5, 5.41) is 21.0. The molecule has 0 heterocycles. The number of aliphatic hydroxyl groups excluding tert-OH is 1. The second-order valence-electron chi connectivity index (χ2n) is 3.25. The minimum absolute atomic E-state index is 0.134. The first-order valence-electron chi connectivity index (χ1n) is 5.14. The van der Waals surface area contributed by atoms with Crippen molar-refractivity contribution in [2.75, 3.05) is 11.9 Å². The second-order valence-corrected chi connectivity index (χ2v) is 3.25. The van der Waals surface area contributed by atoms with Crippen LogP contribution < -0.4 is 10.1 Å². The van der Waals surface area contributed by atoms with E-state index in [0.29, 0.717) is 5.69 Å². The van der Waals surface area contributed by atoms with Crippen LogP contribution in [0.15, 0.2) is 18.2 Å². The molecule has 0 aliphatic rings. The van der Waals surface area contributed by atoms with Crippen LogP contribution in [0.5, 0.6) is 11.5 Å². The Morgan fingerprint density at radius 2 is 2.24 bits per heavy atom. The van der Waals surface area contributed by atoms with Crippen molar-refractivity contribution in [1.82, 2.24) is 0 Å². The van der Waals surface area contributed by atoms with E-state index in [9.17, 15) is 9.90 Å². The van der Waals surface area contributed by atoms with Crippen LogP contribution in [0.1, 0.15) is 13.8 Å². The van der Waals surface area contributed by atoms with E-state index in [-0.39, 0.29) is 18.1 Å². The molecule has 3 N–H and O–H groups in total. The summed E-state index contributed by atoms with van der Waals surface area (Å²) in [5.74, 6) is -0.0467. The summed E-state index contributed by atoms with van der Waals surface area (Å²) in [6.07, 6.45) is -1.62. The van der Waals surface area contributed by atoms with E-state index in [2.05, 4.69) is 10.1 Å². The lowest BCUT2D eigenvalue weighted by molar-refractivity contribution is -0.00206. The van der Waals surface area contributed by atoms with Gasteiger partial charge >= 0.3 is 6.09 Å². The highest BCUT2D eigenvalue weighted by molar-refractivity contribution is 5.85. The fourth-order valence-corrected chi connectivity index (χ4v) is 1.16. The highest BCUT2D eigenvalue weighted by Gasteiger charge is 2.08. The molecule has 0 spiro atoms. The van der Waals surface area contributed by atoms with Gasteiger partial charge in [-0.3, -0.25) is 5.32 Å². The van der Waals surface area contributed by atoms with E-state index in [4.69, 9.17) is 9.84 Å². The van der Waals surface area contributed by atoms with Gasteiger partial charge in [0.1, 0.15) is 0 Å². The second kappa shape index (κ2) is 5.95. The van der Waals surface area contributed by atoms with E-state index < -0.39 is 12.4 Å². The van der Waals surface area contributed by atoms with Crippen LogP contribution in [-0.4, -0.2) is 29.2 Å². The highest BCUT2D eigenvalue weighted by atomic mass is 16.6. The Morgan fingerprint density at radius 1 is 1.53 bits per heavy atom. The van der Waals surface area contributed by atoms with Crippen LogP contribution >= 0.6 is 0 Å². The monoisotopic (exact) mass is 241 g/mol. The Hall–Kier alpha value is -1.95. The number of aliphatic hydroxyl groups is 1. The Balaban J connectivity index is 2.71. The predicted molar refractivity (Wildman–Crippen MR) is 61.1 cm³/mol. The summed E-state index contributed by atoms with van der Waals surface area (Å²) in [7, 11) is 0. The molecule has 0 aromatic heterocycles. The SMILES string of the molecule is CCOC(=O)Nc1ccc(OC(C)O)c(O)c1. The van der Waals surface area contributed by atoms with Crippen LogP contribution in [0.3, 0.4) is 0 Å². The van der Waals surface area contributed by atoms with Gasteiger partial charge in [0.15, 0.2) is 17.8 Å². The topological polar surface area (TPSA) is 88.0 Å². The summed E-state index contributed by atoms with van der Waals surface area (Å²) < 4.78 is 9.59. The van der Waals surface area contributed by atoms with Crippen LogP contribution in [0.4, 0.5) is 10.5 Å². The number of ether oxygens (including phenoxy) is 2. The van der Waals surface area contributed by atoms with Crippen molar-refractivity contribution in [3.05, 3.63) is 18.2 Å². The fraction of sp³-hybridized carbons (Fsp3) is 0.364. The fourth-order valence-electron chi connectivity index (χ4n) is 1.16. The molecule has 6 nitrogen and oxygen atoms in total. The van der Waals surface area contributed by atoms with Gasteiger partial charge in [0.2, 0.25) is 0 Å². The number of amides is 1. The van der Waals surface area contributed by atoms with Crippen LogP contribution in [-0.2, 0) is 4.74 Å². The molecule has 0 fully saturated rings. The van der Waals surface area contributed by atoms with Crippen molar-refractivity contribution in [1.29, 1.82) is 0 Å². The average Bonchev–Trinajstić information content (AvgIpc) is 2.22. The van der Waals surface area contributed by atoms with E-state index in [0.717, 1.165) is 0 Å². The number of anilines is 1. The normalized spacial score (nSPS) is 11.7. The Morgan fingerprint density at radius 3 is 2.76 bits per heavy atom. The molecule has 94 valence electrons. The standard InChI is InChI=1S/C11H15NO5/c1-3-16-11(15)12-8-4-5-10(9(14)6-8)17-7(2)13/h4-7,13-14H,3H2,1-2H3,(H,12,15). The van der Waals surface area contributed by atoms with Gasteiger partial charge in [0.05, 0.1) is 6.61 Å². The molecule has 17 heavy (non-hydrogen) atoms. The molecular weight excluding hydrogens is 226 g/mol. The molecule has 0 bridgehead atoms. The lowest BCUT2D eigenvalue weighted by Crippen LogP contribution is -2.13. The molecule has 0 radical (unpaired) electrons. The molecule has 0 aliphatic heterocycles. The van der Waals surface area contributed by atoms with E-state index >= 15 is 0 Å². The van der Waals surface area contributed by atoms with Crippen molar-refractivity contribution in [2.45, 2.75) is 20.1 Å². The number of hydrogen-bond acceptors (Lipinski definition) is 5. The Bertz CT molecular complexity index is 391. The van der Waals surface area contributed by atoms with Crippen molar-refractivity contribution < 1.29 is 24.5 Å². The third-order valence-electron chi connectivity index (χ3n) is 1.78. The predicted octanol–water partition coefficient (Wildman–Crippen LogP) is 1.68. The first kappa shape index (κ1) is 13.1. The third-order valence-corrected chi connectivity index (χ3v) is 1.78. The molecule has 0 aliphatic carbocycles. The number of benzene rings is 1. The number of hydrogen-bond donors (Lipinski definition) is 3. The zero-order valence-corrected chi connectivity index (χ0v) is 9.64. The molecular formula is C11H15NO5. The lowest BCUT2D eigenvalue weighted by atomic mass is 10.3. The maximum atomic E-state index is 11.1. The van der Waals surface area contributed by atoms with E-state index in [1.54, 1.807) is 6.92 Å². The number of phenolic OH excluding ortho intramolecular Hbond substituents is 1. The summed E-state index contributed by atoms with van der Waals surface area (Å²) in [6, 6.07) is 4.26. The summed E-state index contributed by atoms with van der Waals surface area (Å²) >= 11 is 0. The number of carbonyl (C=O) groups excluding carboxylic acids is 1. The molecule has 0 saturated carbocycles. The minimum Gasteiger partial charge on any atom is -0.504 e. The molecule has 1 atom stereocenters. The third kappa shape index (κ3) is 4.20. The number of aromatic hydroxyl groups is 1. The van der Waals surface area contributed by atoms with Gasteiger partial charge in [0.25, 0.3) is 0 Å². The number of rotatable bonds is 4. The minimum atomic E-state index is -1.02. The summed E-state index contributed by atoms with van der Waals surface area (Å²) in [5.41, 5.74) is 0.374. The van der Waals surface area contributed by atoms with Gasteiger partial charge < -0.3 is 19.7 Å². The molecule has 1 aromatic rings. The first-order valence-corrected chi connectivity index (χ1v) is 5.14. The van der Waals surface area contributed by atoms with Gasteiger partial charge in [-0.2, -0.15) is 0 Å². The highest BCUT2D eigenvalue weighted by Crippen LogP contribution is 2.29. The smallest absolute Gasteiger partial charge is 0.411 e. The van der Waals surface area contributed by atoms with Crippen molar-refractivity contribution in [3.63, 3.8) is 0 Å². The number of phenols is 1. The van der Waals surface area contributed by atoms with Crippen molar-refractivity contribution >= 4 is 11.8 Å². The number of carbonyl (C=O) groups is 1. The zero-order chi connectivity index (χ0) is 12.8. The van der Waals surface area contributed by atoms with Gasteiger partial charge in [-0.25, -0.2) is 4.79 Å².